The number of imidazole rings is 5. The van der Waals surface area contributed by atoms with Crippen molar-refractivity contribution < 1.29 is 23.7 Å². The number of likely N-dealkylation sites (N-methyl/N-ethyl adjacent to an activating group) is 3. The minimum Gasteiger partial charge on any atom is -0.493 e. The van der Waals surface area contributed by atoms with E-state index in [1.165, 1.54) is 27.9 Å². The van der Waals surface area contributed by atoms with Crippen molar-refractivity contribution in [3.05, 3.63) is 113 Å². The number of guanidine groups is 1. The lowest BCUT2D eigenvalue weighted by atomic mass is 9.95. The van der Waals surface area contributed by atoms with Crippen LogP contribution in [0.5, 0.6) is 28.7 Å². The van der Waals surface area contributed by atoms with Gasteiger partial charge in [-0.3, -0.25) is 5.41 Å². The Morgan fingerprint density at radius 1 is 0.380 bits per heavy atom. The first-order chi connectivity index (χ1) is 61.7. The molecule has 706 valence electrons. The number of ether oxygens (including phenoxy) is 5. The van der Waals surface area contributed by atoms with E-state index in [4.69, 9.17) is 63.5 Å². The van der Waals surface area contributed by atoms with E-state index in [1.54, 1.807) is 4.90 Å². The van der Waals surface area contributed by atoms with Crippen LogP contribution in [0.1, 0.15) is 65.6 Å². The summed E-state index contributed by atoms with van der Waals surface area (Å²) in [5.41, 5.74) is 54.6. The van der Waals surface area contributed by atoms with Crippen molar-refractivity contribution in [3.8, 4) is 28.7 Å². The second kappa shape index (κ2) is 44.9. The Kier molecular flexibility index (Phi) is 34.0. The Morgan fingerprint density at radius 2 is 0.698 bits per heavy atom. The second-order valence-electron chi connectivity index (χ2n) is 37.9. The Labute approximate surface area is 764 Å². The van der Waals surface area contributed by atoms with Gasteiger partial charge in [0, 0.05) is 169 Å². The largest absolute Gasteiger partial charge is 0.493 e. The van der Waals surface area contributed by atoms with Crippen molar-refractivity contribution in [2.75, 3.05) is 254 Å². The SMILES string of the molecule is CN(C)CCCn1c(N)nc2ccc3c(c21)CC(CN(C)C(=N)N)CO3.CN(C)CCCn1c(N)nc2ccc3c(c21)CC(CN(C)C)O3.CN(C)CCCn1c(N)nc2ccc3c(c21)CC(CN(C)CCN(C)C)O3.CN(C)CCCn1c(N)nc2ccc3c(c21)CC(CN(C)Cc1cccn1C)CO3.CNCC1COc2ccc3nc(N)n(CCCN(C)C)c3c2C1. The van der Waals surface area contributed by atoms with Gasteiger partial charge in [0.2, 0.25) is 29.7 Å². The van der Waals surface area contributed by atoms with Gasteiger partial charge in [-0.25, -0.2) is 24.9 Å². The van der Waals surface area contributed by atoms with Crippen molar-refractivity contribution in [2.45, 2.75) is 116 Å². The minimum atomic E-state index is 0.0759. The molecule has 11 aromatic rings. The monoisotopic (exact) mass is 1780 g/mol. The van der Waals surface area contributed by atoms with Crippen LogP contribution in [0.15, 0.2) is 79.0 Å². The van der Waals surface area contributed by atoms with Crippen molar-refractivity contribution in [3.63, 3.8) is 0 Å². The Hall–Kier alpha value is -10.4. The predicted octanol–water partition coefficient (Wildman–Crippen LogP) is 7.68. The fourth-order valence-corrected chi connectivity index (χ4v) is 18.5. The van der Waals surface area contributed by atoms with Crippen LogP contribution < -0.4 is 63.4 Å². The molecule has 11 heterocycles. The molecule has 0 aliphatic carbocycles. The lowest BCUT2D eigenvalue weighted by Gasteiger charge is -2.29. The maximum Gasteiger partial charge on any atom is 0.201 e. The van der Waals surface area contributed by atoms with Gasteiger partial charge < -0.3 is 140 Å². The summed E-state index contributed by atoms with van der Waals surface area (Å²) in [6.07, 6.45) is 12.4. The van der Waals surface area contributed by atoms with Gasteiger partial charge >= 0.3 is 0 Å². The van der Waals surface area contributed by atoms with Crippen molar-refractivity contribution >= 4 is 90.9 Å². The molecule has 16 rings (SSSR count). The highest BCUT2D eigenvalue weighted by Crippen LogP contribution is 2.42. The zero-order valence-electron chi connectivity index (χ0n) is 80.7. The van der Waals surface area contributed by atoms with Gasteiger partial charge in [0.25, 0.3) is 0 Å². The molecule has 5 aliphatic heterocycles. The molecule has 5 atom stereocenters. The van der Waals surface area contributed by atoms with Gasteiger partial charge in [-0.15, -0.1) is 0 Å². The molecule has 34 nitrogen and oxygen atoms in total. The summed E-state index contributed by atoms with van der Waals surface area (Å²) in [6.45, 7) is 19.1. The first kappa shape index (κ1) is 97.7. The highest BCUT2D eigenvalue weighted by molar-refractivity contribution is 5.88. The molecule has 5 unspecified atom stereocenters. The van der Waals surface area contributed by atoms with Crippen LogP contribution in [-0.4, -0.2) is 345 Å². The summed E-state index contributed by atoms with van der Waals surface area (Å²) >= 11 is 0. The van der Waals surface area contributed by atoms with Gasteiger partial charge in [-0.2, -0.15) is 0 Å². The molecular weight excluding hydrogens is 1630 g/mol. The van der Waals surface area contributed by atoms with E-state index >= 15 is 0 Å². The maximum atomic E-state index is 7.57. The summed E-state index contributed by atoms with van der Waals surface area (Å²) in [5, 5.41) is 10.8. The number of hydrogen-bond donors (Lipinski definition) is 8. The lowest BCUT2D eigenvalue weighted by molar-refractivity contribution is 0.162. The molecule has 34 heteroatoms. The van der Waals surface area contributed by atoms with Crippen molar-refractivity contribution in [1.82, 2.24) is 107 Å². The molecule has 5 aromatic carbocycles. The maximum absolute atomic E-state index is 7.57. The third kappa shape index (κ3) is 25.2. The van der Waals surface area contributed by atoms with Crippen LogP contribution in [0.25, 0.3) is 55.2 Å². The molecule has 6 aromatic heterocycles. The highest BCUT2D eigenvalue weighted by atomic mass is 16.5. The van der Waals surface area contributed by atoms with Gasteiger partial charge in [-0.1, -0.05) is 0 Å². The first-order valence-corrected chi connectivity index (χ1v) is 46.0. The van der Waals surface area contributed by atoms with Crippen LogP contribution in [0.2, 0.25) is 0 Å². The topological polar surface area (TPSA) is 365 Å². The number of hydrogen-bond acceptors (Lipinski definition) is 26. The van der Waals surface area contributed by atoms with Crippen LogP contribution in [-0.2, 0) is 78.4 Å². The number of anilines is 5. The van der Waals surface area contributed by atoms with E-state index < -0.39 is 0 Å². The zero-order valence-corrected chi connectivity index (χ0v) is 80.7. The average molecular weight is 1780 g/mol. The van der Waals surface area contributed by atoms with Gasteiger partial charge in [0.15, 0.2) is 5.96 Å². The molecular formula is C95H151N29O5. The van der Waals surface area contributed by atoms with E-state index in [0.717, 1.165) is 278 Å². The Balaban J connectivity index is 0.000000147. The molecule has 0 spiro atoms. The number of nitrogens with zero attached hydrogens (tertiary/aromatic N) is 21. The summed E-state index contributed by atoms with van der Waals surface area (Å²) < 4.78 is 43.5. The standard InChI is InChI=1S/C23H34N6O.C20H34N6O.C18H29N7O.2C17H27N5O/c1-26(2)10-6-12-29-22-19-13-17(14-27(3)15-18-7-5-11-28(18)4)16-30-21(19)9-8-20(22)25-23(29)24;1-23(2)9-6-10-26-19-16-13-15(14-25(5)12-11-24(3)4)27-18(16)8-7-17(19)22-20(26)21;1-23(2)7-4-8-25-16-13-9-12(10-24(3)17(19)20)11-26-15(13)6-5-14(16)22-18(25)21;1-20(2)8-5-9-22-16-13-10-12(11-21(3)4)23-15(13)7-6-14(16)19-17(22)18;1-19-10-12-9-13-15(23-11-12)6-5-14-16(13)22(17(18)20-14)8-4-7-21(2)3/h5,7-9,11,17H,6,10,12-16H2,1-4H3,(H2,24,25);7-8,15H,6,9-14H2,1-5H3,(H2,21,22);5-6,12H,4,7-11H2,1-3H3,(H3,19,20)(H2,21,22);6-7,12H,5,8-11H2,1-4H3,(H2,18,19);5-6,12,19H,4,7-11H2,1-3H3,(H2,18,20). The number of rotatable bonds is 35. The van der Waals surface area contributed by atoms with Crippen LogP contribution in [0, 0.1) is 23.2 Å². The molecule has 0 radical (unpaired) electrons. The molecule has 0 saturated carbocycles. The molecule has 14 N–H and O–H groups in total. The zero-order chi connectivity index (χ0) is 92.6. The van der Waals surface area contributed by atoms with Gasteiger partial charge in [0.1, 0.15) is 41.0 Å². The number of aromatic nitrogens is 11. The summed E-state index contributed by atoms with van der Waals surface area (Å²) in [5.74, 6) is 9.08. The summed E-state index contributed by atoms with van der Waals surface area (Å²) in [4.78, 5) is 44.6. The normalized spacial score (nSPS) is 16.8. The number of nitrogens with one attached hydrogen (secondary N) is 2. The van der Waals surface area contributed by atoms with Crippen LogP contribution in [0.3, 0.4) is 0 Å². The molecule has 129 heavy (non-hydrogen) atoms. The average Bonchev–Trinajstić information content (AvgIpc) is 1.63. The van der Waals surface area contributed by atoms with E-state index in [9.17, 15) is 0 Å². The molecule has 0 amide bonds. The fourth-order valence-electron chi connectivity index (χ4n) is 18.5. The van der Waals surface area contributed by atoms with Crippen molar-refractivity contribution in [2.24, 2.45) is 30.5 Å². The number of nitrogen functional groups attached to an aromatic ring is 5. The minimum absolute atomic E-state index is 0.0759. The van der Waals surface area contributed by atoms with Gasteiger partial charge in [0.05, 0.1) is 75.0 Å². The highest BCUT2D eigenvalue weighted by Gasteiger charge is 2.33. The third-order valence-electron chi connectivity index (χ3n) is 24.8. The molecule has 5 aliphatic rings. The third-order valence-corrected chi connectivity index (χ3v) is 24.8. The number of benzene rings is 5. The number of aryl methyl sites for hydroxylation is 6. The number of fused-ring (bicyclic) bond motifs is 15. The van der Waals surface area contributed by atoms with E-state index in [0.29, 0.717) is 54.7 Å². The first-order valence-electron chi connectivity index (χ1n) is 46.0. The molecule has 0 fully saturated rings. The molecule has 0 bridgehead atoms. The quantitative estimate of drug-likeness (QED) is 0.0139. The lowest BCUT2D eigenvalue weighted by Crippen LogP contribution is -2.39. The van der Waals surface area contributed by atoms with E-state index in [2.05, 4.69) is 246 Å². The fraction of sp³-hybridized carbons (Fsp3) is 0.579. The smallest absolute Gasteiger partial charge is 0.201 e. The predicted molar refractivity (Wildman–Crippen MR) is 526 cm³/mol. The van der Waals surface area contributed by atoms with E-state index in [-0.39, 0.29) is 24.1 Å². The Morgan fingerprint density at radius 3 is 1.02 bits per heavy atom. The summed E-state index contributed by atoms with van der Waals surface area (Å²) in [6, 6.07) is 24.5. The molecule has 0 saturated heterocycles. The second-order valence-corrected chi connectivity index (χ2v) is 37.9. The van der Waals surface area contributed by atoms with E-state index in [1.807, 2.05) is 68.7 Å². The Bertz CT molecular complexity index is 5480. The number of nitrogens with two attached hydrogens (primary N) is 6. The van der Waals surface area contributed by atoms with Crippen LogP contribution >= 0.6 is 0 Å². The summed E-state index contributed by atoms with van der Waals surface area (Å²) in [7, 11) is 39.5. The van der Waals surface area contributed by atoms with Crippen LogP contribution in [0.4, 0.5) is 29.7 Å². The van der Waals surface area contributed by atoms with Crippen molar-refractivity contribution in [1.29, 1.82) is 5.41 Å². The van der Waals surface area contributed by atoms with Gasteiger partial charge in [-0.05, 0) is 277 Å².